The van der Waals surface area contributed by atoms with Crippen LogP contribution in [0.25, 0.3) is 0 Å². The molecule has 6 nitrogen and oxygen atoms in total. The number of Topliss-reactive ketones (excluding diaryl/α,β-unsaturated/α-hetero) is 2. The summed E-state index contributed by atoms with van der Waals surface area (Å²) in [5, 5.41) is 0. The third kappa shape index (κ3) is 4.27. The van der Waals surface area contributed by atoms with Crippen LogP contribution < -0.4 is 18.9 Å². The van der Waals surface area contributed by atoms with Crippen LogP contribution in [-0.4, -0.2) is 36.0 Å². The molecule has 0 fully saturated rings. The minimum atomic E-state index is -0.518. The van der Waals surface area contributed by atoms with E-state index in [1.807, 2.05) is 27.7 Å². The summed E-state index contributed by atoms with van der Waals surface area (Å²) in [6, 6.07) is 10.5. The molecule has 2 aliphatic heterocycles. The first-order valence-electron chi connectivity index (χ1n) is 10.1. The lowest BCUT2D eigenvalue weighted by molar-refractivity contribution is 0.0604. The second kappa shape index (κ2) is 7.35. The van der Waals surface area contributed by atoms with Gasteiger partial charge < -0.3 is 18.9 Å². The molecule has 0 unspecified atom stereocenters. The van der Waals surface area contributed by atoms with Crippen LogP contribution in [0.4, 0.5) is 0 Å². The van der Waals surface area contributed by atoms with E-state index in [-0.39, 0.29) is 11.6 Å². The van der Waals surface area contributed by atoms with E-state index in [4.69, 9.17) is 18.9 Å². The molecule has 2 aromatic rings. The Morgan fingerprint density at radius 2 is 1.13 bits per heavy atom. The third-order valence-electron chi connectivity index (χ3n) is 5.07. The Bertz CT molecular complexity index is 923. The Morgan fingerprint density at radius 3 is 1.53 bits per heavy atom. The third-order valence-corrected chi connectivity index (χ3v) is 5.07. The van der Waals surface area contributed by atoms with Crippen molar-refractivity contribution in [3.8, 4) is 23.0 Å². The normalized spacial score (nSPS) is 18.5. The van der Waals surface area contributed by atoms with Gasteiger partial charge in [-0.15, -0.1) is 0 Å². The number of fused-ring (bicyclic) bond motifs is 2. The highest BCUT2D eigenvalue weighted by molar-refractivity contribution is 6.01. The molecule has 2 aliphatic rings. The van der Waals surface area contributed by atoms with E-state index in [1.54, 1.807) is 36.4 Å². The molecule has 0 saturated carbocycles. The van der Waals surface area contributed by atoms with Crippen molar-refractivity contribution in [2.75, 3.05) is 13.2 Å². The lowest BCUT2D eigenvalue weighted by Gasteiger charge is -2.31. The molecule has 2 aromatic carbocycles. The minimum Gasteiger partial charge on any atom is -0.490 e. The molecule has 0 bridgehead atoms. The minimum absolute atomic E-state index is 0.0763. The van der Waals surface area contributed by atoms with Crippen LogP contribution in [0.15, 0.2) is 36.4 Å². The van der Waals surface area contributed by atoms with Crippen LogP contribution in [0.3, 0.4) is 0 Å². The van der Waals surface area contributed by atoms with Gasteiger partial charge in [-0.3, -0.25) is 9.59 Å². The van der Waals surface area contributed by atoms with Gasteiger partial charge in [0.25, 0.3) is 0 Å². The van der Waals surface area contributed by atoms with Crippen LogP contribution in [0.1, 0.15) is 61.3 Å². The number of hydrogen-bond donors (Lipinski definition) is 0. The summed E-state index contributed by atoms with van der Waals surface area (Å²) in [4.78, 5) is 24.4. The number of ether oxygens (including phenoxy) is 4. The number of carbonyl (C=O) groups is 2. The molecular weight excluding hydrogens is 384 g/mol. The monoisotopic (exact) mass is 410 g/mol. The molecule has 30 heavy (non-hydrogen) atoms. The number of benzene rings is 2. The standard InChI is InChI=1S/C24H26O6/c1-23(2)13-19(25)17-7-5-15(11-21(17)29-23)27-9-10-28-16-6-8-18-20(26)14-24(3,4)30-22(18)12-16/h5-8,11-12H,9-10,13-14H2,1-4H3. The van der Waals surface area contributed by atoms with Gasteiger partial charge in [0.15, 0.2) is 11.6 Å². The number of rotatable bonds is 5. The fourth-order valence-electron chi connectivity index (χ4n) is 3.76. The van der Waals surface area contributed by atoms with Gasteiger partial charge in [0.2, 0.25) is 0 Å². The Kier molecular flexibility index (Phi) is 4.96. The van der Waals surface area contributed by atoms with E-state index >= 15 is 0 Å². The largest absolute Gasteiger partial charge is 0.490 e. The zero-order valence-electron chi connectivity index (χ0n) is 17.7. The van der Waals surface area contributed by atoms with Gasteiger partial charge in [-0.2, -0.15) is 0 Å². The predicted octanol–water partition coefficient (Wildman–Crippen LogP) is 4.63. The lowest BCUT2D eigenvalue weighted by atomic mass is 9.93. The predicted molar refractivity (Wildman–Crippen MR) is 111 cm³/mol. The van der Waals surface area contributed by atoms with Crippen LogP contribution in [0.5, 0.6) is 23.0 Å². The molecule has 0 amide bonds. The lowest BCUT2D eigenvalue weighted by Crippen LogP contribution is -2.35. The number of hydrogen-bond acceptors (Lipinski definition) is 6. The molecule has 0 atom stereocenters. The molecule has 6 heteroatoms. The SMILES string of the molecule is CC1(C)CC(=O)c2ccc(OCCOc3ccc4c(c3)OC(C)(C)CC4=O)cc2O1. The van der Waals surface area contributed by atoms with Crippen LogP contribution in [0, 0.1) is 0 Å². The van der Waals surface area contributed by atoms with Gasteiger partial charge in [0.1, 0.15) is 47.4 Å². The Morgan fingerprint density at radius 1 is 0.733 bits per heavy atom. The first kappa shape index (κ1) is 20.3. The highest BCUT2D eigenvalue weighted by Gasteiger charge is 2.33. The molecule has 0 aromatic heterocycles. The van der Waals surface area contributed by atoms with Crippen molar-refractivity contribution in [3.63, 3.8) is 0 Å². The van der Waals surface area contributed by atoms with Gasteiger partial charge in [-0.05, 0) is 52.0 Å². The van der Waals surface area contributed by atoms with Crippen LogP contribution >= 0.6 is 0 Å². The van der Waals surface area contributed by atoms with Gasteiger partial charge in [-0.1, -0.05) is 0 Å². The fraction of sp³-hybridized carbons (Fsp3) is 0.417. The van der Waals surface area contributed by atoms with Crippen molar-refractivity contribution in [2.45, 2.75) is 51.7 Å². The zero-order valence-corrected chi connectivity index (χ0v) is 17.7. The number of ketones is 2. The van der Waals surface area contributed by atoms with E-state index in [2.05, 4.69) is 0 Å². The van der Waals surface area contributed by atoms with Crippen molar-refractivity contribution in [1.82, 2.24) is 0 Å². The summed E-state index contributed by atoms with van der Waals surface area (Å²) in [6.07, 6.45) is 0.725. The maximum absolute atomic E-state index is 12.2. The quantitative estimate of drug-likeness (QED) is 0.669. The van der Waals surface area contributed by atoms with Gasteiger partial charge in [-0.25, -0.2) is 0 Å². The van der Waals surface area contributed by atoms with E-state index < -0.39 is 11.2 Å². The van der Waals surface area contributed by atoms with Crippen LogP contribution in [-0.2, 0) is 0 Å². The Hall–Kier alpha value is -3.02. The second-order valence-electron chi connectivity index (χ2n) is 8.94. The van der Waals surface area contributed by atoms with Gasteiger partial charge in [0, 0.05) is 12.1 Å². The maximum Gasteiger partial charge on any atom is 0.170 e. The average Bonchev–Trinajstić information content (AvgIpc) is 2.62. The zero-order chi connectivity index (χ0) is 21.5. The summed E-state index contributed by atoms with van der Waals surface area (Å²) < 4.78 is 23.3. The van der Waals surface area contributed by atoms with E-state index in [9.17, 15) is 9.59 Å². The highest BCUT2D eigenvalue weighted by atomic mass is 16.5. The molecule has 0 spiro atoms. The Balaban J connectivity index is 1.35. The van der Waals surface area contributed by atoms with Gasteiger partial charge >= 0.3 is 0 Å². The summed E-state index contributed by atoms with van der Waals surface area (Å²) in [7, 11) is 0. The van der Waals surface area contributed by atoms with Crippen molar-refractivity contribution in [1.29, 1.82) is 0 Å². The van der Waals surface area contributed by atoms with Gasteiger partial charge in [0.05, 0.1) is 24.0 Å². The maximum atomic E-state index is 12.2. The molecule has 4 rings (SSSR count). The molecule has 0 aliphatic carbocycles. The summed E-state index contributed by atoms with van der Waals surface area (Å²) in [5.41, 5.74) is 0.140. The molecule has 0 N–H and O–H groups in total. The van der Waals surface area contributed by atoms with Crippen molar-refractivity contribution in [3.05, 3.63) is 47.5 Å². The fourth-order valence-corrected chi connectivity index (χ4v) is 3.76. The van der Waals surface area contributed by atoms with Crippen molar-refractivity contribution in [2.24, 2.45) is 0 Å². The molecule has 2 heterocycles. The topological polar surface area (TPSA) is 71.1 Å². The Labute approximate surface area is 176 Å². The van der Waals surface area contributed by atoms with E-state index in [1.165, 1.54) is 0 Å². The highest BCUT2D eigenvalue weighted by Crippen LogP contribution is 2.36. The first-order chi connectivity index (χ1) is 14.1. The molecule has 158 valence electrons. The van der Waals surface area contributed by atoms with E-state index in [0.717, 1.165) is 0 Å². The van der Waals surface area contributed by atoms with Crippen LogP contribution in [0.2, 0.25) is 0 Å². The summed E-state index contributed by atoms with van der Waals surface area (Å²) in [6.45, 7) is 8.22. The van der Waals surface area contributed by atoms with Crippen molar-refractivity contribution >= 4 is 11.6 Å². The molecular formula is C24H26O6. The van der Waals surface area contributed by atoms with Crippen molar-refractivity contribution < 1.29 is 28.5 Å². The summed E-state index contributed by atoms with van der Waals surface area (Å²) in [5.74, 6) is 2.48. The number of carbonyl (C=O) groups excluding carboxylic acids is 2. The second-order valence-corrected chi connectivity index (χ2v) is 8.94. The first-order valence-corrected chi connectivity index (χ1v) is 10.1. The summed E-state index contributed by atoms with van der Waals surface area (Å²) >= 11 is 0. The molecule has 0 saturated heterocycles. The molecule has 0 radical (unpaired) electrons. The van der Waals surface area contributed by atoms with E-state index in [0.29, 0.717) is 60.2 Å². The average molecular weight is 410 g/mol. The smallest absolute Gasteiger partial charge is 0.170 e.